The van der Waals surface area contributed by atoms with E-state index in [1.165, 1.54) is 27.6 Å². The number of carbonyl (C=O) groups is 1. The maximum absolute atomic E-state index is 13.0. The third kappa shape index (κ3) is 4.24. The summed E-state index contributed by atoms with van der Waals surface area (Å²) < 4.78 is 2.17. The Morgan fingerprint density at radius 1 is 1.13 bits per heavy atom. The number of aromatic nitrogens is 1. The number of piperidine rings is 1. The summed E-state index contributed by atoms with van der Waals surface area (Å²) >= 11 is 6.24. The number of fused-ring (bicyclic) bond motifs is 2. The zero-order chi connectivity index (χ0) is 21.4. The average Bonchev–Trinajstić information content (AvgIpc) is 3.09. The highest BCUT2D eigenvalue weighted by molar-refractivity contribution is 6.31. The average molecular weight is 436 g/mol. The molecule has 2 aliphatic rings. The van der Waals surface area contributed by atoms with Crippen molar-refractivity contribution >= 4 is 28.4 Å². The minimum Gasteiger partial charge on any atom is -0.350 e. The van der Waals surface area contributed by atoms with E-state index in [4.69, 9.17) is 11.6 Å². The minimum atomic E-state index is 0.118. The van der Waals surface area contributed by atoms with Gasteiger partial charge in [-0.15, -0.1) is 0 Å². The van der Waals surface area contributed by atoms with E-state index in [1.807, 2.05) is 6.07 Å². The van der Waals surface area contributed by atoms with Crippen molar-refractivity contribution < 1.29 is 4.79 Å². The van der Waals surface area contributed by atoms with Gasteiger partial charge >= 0.3 is 0 Å². The predicted molar refractivity (Wildman–Crippen MR) is 126 cm³/mol. The molecule has 5 heteroatoms. The van der Waals surface area contributed by atoms with Crippen LogP contribution < -0.4 is 5.32 Å². The zero-order valence-electron chi connectivity index (χ0n) is 18.1. The summed E-state index contributed by atoms with van der Waals surface area (Å²) in [5, 5.41) is 5.37. The Balaban J connectivity index is 1.20. The molecule has 1 fully saturated rings. The first kappa shape index (κ1) is 20.6. The summed E-state index contributed by atoms with van der Waals surface area (Å²) in [6.07, 6.45) is 7.37. The fourth-order valence-electron chi connectivity index (χ4n) is 5.36. The highest BCUT2D eigenvalue weighted by atomic mass is 35.5. The first-order valence-corrected chi connectivity index (χ1v) is 11.8. The summed E-state index contributed by atoms with van der Waals surface area (Å²) in [4.78, 5) is 15.5. The van der Waals surface area contributed by atoms with Gasteiger partial charge in [0.25, 0.3) is 0 Å². The van der Waals surface area contributed by atoms with Gasteiger partial charge < -0.3 is 9.88 Å². The van der Waals surface area contributed by atoms with Gasteiger partial charge in [0.1, 0.15) is 0 Å². The van der Waals surface area contributed by atoms with Gasteiger partial charge in [0.15, 0.2) is 0 Å². The van der Waals surface area contributed by atoms with Crippen molar-refractivity contribution in [3.63, 3.8) is 0 Å². The molecular weight excluding hydrogens is 406 g/mol. The molecule has 3 aromatic rings. The fourth-order valence-corrected chi connectivity index (χ4v) is 5.53. The smallest absolute Gasteiger partial charge is 0.223 e. The normalized spacial score (nSPS) is 20.0. The van der Waals surface area contributed by atoms with Gasteiger partial charge in [-0.05, 0) is 80.1 Å². The molecule has 0 radical (unpaired) electrons. The number of nitrogens with one attached hydrogen (secondary N) is 1. The van der Waals surface area contributed by atoms with E-state index in [-0.39, 0.29) is 17.9 Å². The molecular formula is C26H30ClN3O. The maximum Gasteiger partial charge on any atom is 0.223 e. The minimum absolute atomic E-state index is 0.118. The second-order valence-electron chi connectivity index (χ2n) is 9.13. The summed E-state index contributed by atoms with van der Waals surface area (Å²) in [6.45, 7) is 2.81. The van der Waals surface area contributed by atoms with Gasteiger partial charge in [-0.3, -0.25) is 9.69 Å². The van der Waals surface area contributed by atoms with Crippen LogP contribution in [-0.4, -0.2) is 28.5 Å². The molecule has 5 rings (SSSR count). The predicted octanol–water partition coefficient (Wildman–Crippen LogP) is 5.24. The standard InChI is InChI=1S/C26H30ClN3O/c1-29-16-20(23-15-21(27)9-10-25(23)29)17-30-13-11-19(12-14-30)26(31)28-24-8-4-6-18-5-2-3-7-22(18)24/h2-3,5,7,9-10,15-16,19,24H,4,6,8,11-14,17H2,1H3,(H,28,31)/t24-/m1/s1. The molecule has 0 bridgehead atoms. The van der Waals surface area contributed by atoms with Crippen LogP contribution in [0.4, 0.5) is 0 Å². The van der Waals surface area contributed by atoms with Crippen LogP contribution in [0.2, 0.25) is 5.02 Å². The second kappa shape index (κ2) is 8.68. The number of nitrogens with zero attached hydrogens (tertiary/aromatic N) is 2. The number of rotatable bonds is 4. The molecule has 1 amide bonds. The largest absolute Gasteiger partial charge is 0.350 e. The molecule has 1 aliphatic heterocycles. The molecule has 2 aromatic carbocycles. The number of carbonyl (C=O) groups excluding carboxylic acids is 1. The Labute approximate surface area is 189 Å². The van der Waals surface area contributed by atoms with Crippen LogP contribution in [0.25, 0.3) is 10.9 Å². The number of benzene rings is 2. The van der Waals surface area contributed by atoms with Crippen molar-refractivity contribution in [2.75, 3.05) is 13.1 Å². The van der Waals surface area contributed by atoms with E-state index < -0.39 is 0 Å². The maximum atomic E-state index is 13.0. The first-order valence-electron chi connectivity index (χ1n) is 11.4. The molecule has 1 aromatic heterocycles. The summed E-state index contributed by atoms with van der Waals surface area (Å²) in [5.74, 6) is 0.352. The van der Waals surface area contributed by atoms with Crippen molar-refractivity contribution in [2.45, 2.75) is 44.7 Å². The van der Waals surface area contributed by atoms with Crippen LogP contribution in [0, 0.1) is 5.92 Å². The lowest BCUT2D eigenvalue weighted by Crippen LogP contribution is -2.41. The van der Waals surface area contributed by atoms with Gasteiger partial charge in [-0.1, -0.05) is 35.9 Å². The van der Waals surface area contributed by atoms with Gasteiger partial charge in [0.05, 0.1) is 6.04 Å². The lowest BCUT2D eigenvalue weighted by molar-refractivity contribution is -0.127. The van der Waals surface area contributed by atoms with Crippen molar-refractivity contribution in [1.29, 1.82) is 0 Å². The monoisotopic (exact) mass is 435 g/mol. The van der Waals surface area contributed by atoms with E-state index in [2.05, 4.69) is 64.4 Å². The van der Waals surface area contributed by atoms with Crippen LogP contribution >= 0.6 is 11.6 Å². The quantitative estimate of drug-likeness (QED) is 0.608. The van der Waals surface area contributed by atoms with Crippen LogP contribution in [0.5, 0.6) is 0 Å². The first-order chi connectivity index (χ1) is 15.1. The molecule has 2 heterocycles. The SMILES string of the molecule is Cn1cc(CN2CCC(C(=O)N[C@@H]3CCCc4ccccc43)CC2)c2cc(Cl)ccc21. The third-order valence-electron chi connectivity index (χ3n) is 7.07. The molecule has 31 heavy (non-hydrogen) atoms. The van der Waals surface area contributed by atoms with E-state index in [0.29, 0.717) is 0 Å². The van der Waals surface area contributed by atoms with Crippen LogP contribution in [0.3, 0.4) is 0 Å². The molecule has 0 saturated carbocycles. The highest BCUT2D eigenvalue weighted by Gasteiger charge is 2.28. The molecule has 0 unspecified atom stereocenters. The molecule has 1 saturated heterocycles. The lowest BCUT2D eigenvalue weighted by Gasteiger charge is -2.33. The molecule has 0 spiro atoms. The van der Waals surface area contributed by atoms with E-state index >= 15 is 0 Å². The zero-order valence-corrected chi connectivity index (χ0v) is 18.9. The van der Waals surface area contributed by atoms with Gasteiger partial charge in [0, 0.05) is 41.6 Å². The number of hydrogen-bond acceptors (Lipinski definition) is 2. The number of aryl methyl sites for hydroxylation is 2. The Bertz CT molecular complexity index is 1100. The van der Waals surface area contributed by atoms with Crippen LogP contribution in [-0.2, 0) is 24.8 Å². The molecule has 1 atom stereocenters. The molecule has 1 N–H and O–H groups in total. The summed E-state index contributed by atoms with van der Waals surface area (Å²) in [5.41, 5.74) is 5.22. The number of hydrogen-bond donors (Lipinski definition) is 1. The van der Waals surface area contributed by atoms with Crippen LogP contribution in [0.1, 0.15) is 48.4 Å². The third-order valence-corrected chi connectivity index (χ3v) is 7.31. The Morgan fingerprint density at radius 2 is 1.94 bits per heavy atom. The topological polar surface area (TPSA) is 37.3 Å². The highest BCUT2D eigenvalue weighted by Crippen LogP contribution is 2.31. The summed E-state index contributed by atoms with van der Waals surface area (Å²) in [6, 6.07) is 14.8. The Hall–Kier alpha value is -2.30. The molecule has 1 aliphatic carbocycles. The van der Waals surface area contributed by atoms with Crippen molar-refractivity contribution in [2.24, 2.45) is 13.0 Å². The van der Waals surface area contributed by atoms with Gasteiger partial charge in [-0.2, -0.15) is 0 Å². The van der Waals surface area contributed by atoms with Gasteiger partial charge in [-0.25, -0.2) is 0 Å². The van der Waals surface area contributed by atoms with E-state index in [1.54, 1.807) is 0 Å². The Kier molecular flexibility index (Phi) is 5.77. The lowest BCUT2D eigenvalue weighted by atomic mass is 9.87. The number of likely N-dealkylation sites (tertiary alicyclic amines) is 1. The van der Waals surface area contributed by atoms with Crippen molar-refractivity contribution in [3.8, 4) is 0 Å². The van der Waals surface area contributed by atoms with E-state index in [9.17, 15) is 4.79 Å². The Morgan fingerprint density at radius 3 is 2.77 bits per heavy atom. The van der Waals surface area contributed by atoms with Crippen LogP contribution in [0.15, 0.2) is 48.7 Å². The van der Waals surface area contributed by atoms with Crippen molar-refractivity contribution in [1.82, 2.24) is 14.8 Å². The summed E-state index contributed by atoms with van der Waals surface area (Å²) in [7, 11) is 2.08. The molecule has 162 valence electrons. The fraction of sp³-hybridized carbons (Fsp3) is 0.423. The second-order valence-corrected chi connectivity index (χ2v) is 9.57. The van der Waals surface area contributed by atoms with E-state index in [0.717, 1.165) is 56.8 Å². The molecule has 4 nitrogen and oxygen atoms in total. The number of amides is 1. The van der Waals surface area contributed by atoms with Gasteiger partial charge in [0.2, 0.25) is 5.91 Å². The van der Waals surface area contributed by atoms with Crippen molar-refractivity contribution in [3.05, 3.63) is 70.4 Å². The number of halogens is 1.